The lowest BCUT2D eigenvalue weighted by Gasteiger charge is -2.07. The van der Waals surface area contributed by atoms with E-state index in [1.165, 1.54) is 10.7 Å². The van der Waals surface area contributed by atoms with Crippen LogP contribution in [0.2, 0.25) is 0 Å². The smallest absolute Gasteiger partial charge is 0.422 e. The maximum atomic E-state index is 11.7. The number of aryl methyl sites for hydroxylation is 2. The van der Waals surface area contributed by atoms with Crippen LogP contribution in [0.1, 0.15) is 5.69 Å². The molecule has 1 rings (SSSR count). The third-order valence-electron chi connectivity index (χ3n) is 1.71. The van der Waals surface area contributed by atoms with E-state index in [0.717, 1.165) is 5.69 Å². The number of nitrogens with zero attached hydrogens (tertiary/aromatic N) is 2. The van der Waals surface area contributed by atoms with Gasteiger partial charge in [-0.25, -0.2) is 4.79 Å². The molecular weight excluding hydrogens is 227 g/mol. The summed E-state index contributed by atoms with van der Waals surface area (Å²) in [4.78, 5) is 10.9. The van der Waals surface area contributed by atoms with Gasteiger partial charge in [0.15, 0.2) is 12.4 Å². The molecule has 0 aromatic carbocycles. The van der Waals surface area contributed by atoms with Crippen molar-refractivity contribution in [3.63, 3.8) is 0 Å². The third kappa shape index (κ3) is 3.79. The molecule has 0 radical (unpaired) electrons. The second kappa shape index (κ2) is 4.42. The van der Waals surface area contributed by atoms with Gasteiger partial charge in [-0.2, -0.15) is 18.3 Å². The molecule has 5 nitrogen and oxygen atoms in total. The van der Waals surface area contributed by atoms with Crippen molar-refractivity contribution in [2.75, 3.05) is 11.9 Å². The first-order valence-corrected chi connectivity index (χ1v) is 4.29. The van der Waals surface area contributed by atoms with E-state index in [2.05, 4.69) is 15.2 Å². The first-order chi connectivity index (χ1) is 7.28. The molecule has 1 N–H and O–H groups in total. The van der Waals surface area contributed by atoms with E-state index < -0.39 is 18.9 Å². The number of hydrogen-bond acceptors (Lipinski definition) is 3. The van der Waals surface area contributed by atoms with Crippen molar-refractivity contribution in [3.05, 3.63) is 11.8 Å². The lowest BCUT2D eigenvalue weighted by atomic mass is 10.5. The molecule has 0 aliphatic heterocycles. The average Bonchev–Trinajstić information content (AvgIpc) is 2.41. The average molecular weight is 237 g/mol. The number of carbonyl (C=O) groups excluding carboxylic acids is 1. The van der Waals surface area contributed by atoms with Crippen LogP contribution in [0.25, 0.3) is 0 Å². The number of alkyl halides is 3. The maximum Gasteiger partial charge on any atom is 0.422 e. The molecule has 8 heteroatoms. The largest absolute Gasteiger partial charge is 0.440 e. The Hall–Kier alpha value is -1.73. The van der Waals surface area contributed by atoms with Gasteiger partial charge in [-0.15, -0.1) is 0 Å². The van der Waals surface area contributed by atoms with Crippen molar-refractivity contribution >= 4 is 11.9 Å². The van der Waals surface area contributed by atoms with Crippen molar-refractivity contribution in [1.29, 1.82) is 0 Å². The van der Waals surface area contributed by atoms with Gasteiger partial charge in [0.25, 0.3) is 0 Å². The standard InChI is InChI=1S/C8H10F3N3O2/c1-5-3-6(13-14(5)2)12-7(15)16-4-8(9,10)11/h3H,4H2,1-2H3,(H,12,13,15). The molecule has 0 saturated heterocycles. The zero-order chi connectivity index (χ0) is 12.3. The molecule has 1 heterocycles. The van der Waals surface area contributed by atoms with Gasteiger partial charge in [0, 0.05) is 18.8 Å². The minimum atomic E-state index is -4.53. The Kier molecular flexibility index (Phi) is 3.41. The van der Waals surface area contributed by atoms with Crippen LogP contribution in [-0.4, -0.2) is 28.7 Å². The fraction of sp³-hybridized carbons (Fsp3) is 0.500. The summed E-state index contributed by atoms with van der Waals surface area (Å²) >= 11 is 0. The number of rotatable bonds is 2. The minimum Gasteiger partial charge on any atom is -0.440 e. The predicted octanol–water partition coefficient (Wildman–Crippen LogP) is 1.84. The van der Waals surface area contributed by atoms with Crippen molar-refractivity contribution in [2.24, 2.45) is 7.05 Å². The summed E-state index contributed by atoms with van der Waals surface area (Å²) in [6.45, 7) is 0.115. The van der Waals surface area contributed by atoms with Crippen LogP contribution in [0.15, 0.2) is 6.07 Å². The Labute approximate surface area is 89.2 Å². The topological polar surface area (TPSA) is 56.1 Å². The first-order valence-electron chi connectivity index (χ1n) is 4.29. The SMILES string of the molecule is Cc1cc(NC(=O)OCC(F)(F)F)nn1C. The summed E-state index contributed by atoms with van der Waals surface area (Å²) in [6, 6.07) is 1.51. The lowest BCUT2D eigenvalue weighted by molar-refractivity contribution is -0.159. The Morgan fingerprint density at radius 2 is 2.25 bits per heavy atom. The van der Waals surface area contributed by atoms with Crippen LogP contribution in [0.5, 0.6) is 0 Å². The lowest BCUT2D eigenvalue weighted by Crippen LogP contribution is -2.23. The summed E-state index contributed by atoms with van der Waals surface area (Å²) in [5.41, 5.74) is 0.756. The van der Waals surface area contributed by atoms with E-state index in [-0.39, 0.29) is 5.82 Å². The molecule has 0 unspecified atom stereocenters. The minimum absolute atomic E-state index is 0.146. The first kappa shape index (κ1) is 12.3. The second-order valence-corrected chi connectivity index (χ2v) is 3.11. The van der Waals surface area contributed by atoms with Gasteiger partial charge in [0.1, 0.15) is 0 Å². The number of hydrogen-bond donors (Lipinski definition) is 1. The fourth-order valence-corrected chi connectivity index (χ4v) is 0.910. The van der Waals surface area contributed by atoms with Crippen LogP contribution in [0, 0.1) is 6.92 Å². The van der Waals surface area contributed by atoms with E-state index in [4.69, 9.17) is 0 Å². The maximum absolute atomic E-state index is 11.7. The number of halogens is 3. The molecule has 0 fully saturated rings. The summed E-state index contributed by atoms with van der Waals surface area (Å²) in [7, 11) is 1.64. The molecule has 0 saturated carbocycles. The van der Waals surface area contributed by atoms with Crippen molar-refractivity contribution in [2.45, 2.75) is 13.1 Å². The number of nitrogens with one attached hydrogen (secondary N) is 1. The molecule has 1 amide bonds. The highest BCUT2D eigenvalue weighted by Gasteiger charge is 2.29. The van der Waals surface area contributed by atoms with Crippen molar-refractivity contribution < 1.29 is 22.7 Å². The van der Waals surface area contributed by atoms with E-state index in [1.54, 1.807) is 14.0 Å². The van der Waals surface area contributed by atoms with E-state index >= 15 is 0 Å². The van der Waals surface area contributed by atoms with Crippen LogP contribution >= 0.6 is 0 Å². The molecule has 0 aliphatic rings. The van der Waals surface area contributed by atoms with Gasteiger partial charge in [-0.05, 0) is 6.92 Å². The zero-order valence-corrected chi connectivity index (χ0v) is 8.63. The Morgan fingerprint density at radius 1 is 1.62 bits per heavy atom. The van der Waals surface area contributed by atoms with E-state index in [1.807, 2.05) is 0 Å². The molecule has 0 atom stereocenters. The molecule has 1 aromatic heterocycles. The highest BCUT2D eigenvalue weighted by Crippen LogP contribution is 2.15. The number of aromatic nitrogens is 2. The molecule has 0 aliphatic carbocycles. The van der Waals surface area contributed by atoms with E-state index in [9.17, 15) is 18.0 Å². The Morgan fingerprint density at radius 3 is 2.69 bits per heavy atom. The zero-order valence-electron chi connectivity index (χ0n) is 8.63. The third-order valence-corrected chi connectivity index (χ3v) is 1.71. The molecule has 1 aromatic rings. The Balaban J connectivity index is 2.46. The number of ether oxygens (including phenoxy) is 1. The summed E-state index contributed by atoms with van der Waals surface area (Å²) in [6.07, 6.45) is -5.72. The Bertz CT molecular complexity index is 367. The molecular formula is C8H10F3N3O2. The highest BCUT2D eigenvalue weighted by atomic mass is 19.4. The molecule has 90 valence electrons. The molecule has 0 bridgehead atoms. The molecule has 0 spiro atoms. The highest BCUT2D eigenvalue weighted by molar-refractivity contribution is 5.83. The van der Waals surface area contributed by atoms with Crippen LogP contribution < -0.4 is 5.32 Å². The molecule has 16 heavy (non-hydrogen) atoms. The fourth-order valence-electron chi connectivity index (χ4n) is 0.910. The van der Waals surface area contributed by atoms with Gasteiger partial charge in [-0.1, -0.05) is 0 Å². The summed E-state index contributed by atoms with van der Waals surface area (Å²) in [5, 5.41) is 5.90. The number of carbonyl (C=O) groups is 1. The quantitative estimate of drug-likeness (QED) is 0.853. The normalized spacial score (nSPS) is 11.3. The van der Waals surface area contributed by atoms with Gasteiger partial charge < -0.3 is 4.74 Å². The van der Waals surface area contributed by atoms with Crippen LogP contribution in [0.3, 0.4) is 0 Å². The van der Waals surface area contributed by atoms with Gasteiger partial charge in [0.2, 0.25) is 0 Å². The summed E-state index contributed by atoms with van der Waals surface area (Å²) < 4.78 is 40.5. The number of amides is 1. The van der Waals surface area contributed by atoms with Gasteiger partial charge in [-0.3, -0.25) is 10.00 Å². The van der Waals surface area contributed by atoms with Crippen molar-refractivity contribution in [1.82, 2.24) is 9.78 Å². The van der Waals surface area contributed by atoms with Crippen molar-refractivity contribution in [3.8, 4) is 0 Å². The second-order valence-electron chi connectivity index (χ2n) is 3.11. The van der Waals surface area contributed by atoms with Crippen LogP contribution in [0.4, 0.5) is 23.8 Å². The monoisotopic (exact) mass is 237 g/mol. The predicted molar refractivity (Wildman–Crippen MR) is 49.0 cm³/mol. The van der Waals surface area contributed by atoms with Crippen LogP contribution in [-0.2, 0) is 11.8 Å². The van der Waals surface area contributed by atoms with Gasteiger partial charge >= 0.3 is 12.3 Å². The summed E-state index contributed by atoms with van der Waals surface area (Å²) in [5.74, 6) is 0.146. The van der Waals surface area contributed by atoms with E-state index in [0.29, 0.717) is 0 Å². The number of anilines is 1. The van der Waals surface area contributed by atoms with Gasteiger partial charge in [0.05, 0.1) is 0 Å².